The van der Waals surface area contributed by atoms with E-state index < -0.39 is 12.1 Å². The molecule has 0 unspecified atom stereocenters. The molecule has 6 rings (SSSR count). The second kappa shape index (κ2) is 11.6. The van der Waals surface area contributed by atoms with Gasteiger partial charge in [-0.1, -0.05) is 35.5 Å². The number of likely N-dealkylation sites (tertiary alicyclic amines) is 2. The summed E-state index contributed by atoms with van der Waals surface area (Å²) in [6.07, 6.45) is 3.10. The maximum Gasteiger partial charge on any atom is 0.243 e. The fourth-order valence-electron chi connectivity index (χ4n) is 6.43. The van der Waals surface area contributed by atoms with Gasteiger partial charge in [-0.2, -0.15) is 0 Å². The third kappa shape index (κ3) is 5.69. The molecule has 4 heterocycles. The first kappa shape index (κ1) is 27.3. The molecule has 3 amide bonds. The van der Waals surface area contributed by atoms with E-state index in [-0.39, 0.29) is 36.6 Å². The van der Waals surface area contributed by atoms with Crippen LogP contribution in [-0.4, -0.2) is 85.2 Å². The Morgan fingerprint density at radius 3 is 2.54 bits per heavy atom. The number of rotatable bonds is 8. The molecule has 0 saturated carbocycles. The number of carbonyl (C=O) groups is 3. The number of carbonyl (C=O) groups excluding carboxylic acids is 3. The Bertz CT molecular complexity index is 1420. The summed E-state index contributed by atoms with van der Waals surface area (Å²) in [4.78, 5) is 45.7. The average Bonchev–Trinajstić information content (AvgIpc) is 3.80. The van der Waals surface area contributed by atoms with E-state index in [0.29, 0.717) is 19.5 Å². The van der Waals surface area contributed by atoms with Crippen molar-refractivity contribution in [1.29, 1.82) is 0 Å². The highest BCUT2D eigenvalue weighted by Crippen LogP contribution is 2.31. The fourth-order valence-corrected chi connectivity index (χ4v) is 6.43. The summed E-state index contributed by atoms with van der Waals surface area (Å²) in [5.41, 5.74) is 11.5. The molecule has 216 valence electrons. The molecule has 41 heavy (non-hydrogen) atoms. The van der Waals surface area contributed by atoms with E-state index in [1.807, 2.05) is 42.3 Å². The van der Waals surface area contributed by atoms with Crippen molar-refractivity contribution >= 4 is 28.8 Å². The maximum absolute atomic E-state index is 13.7. The van der Waals surface area contributed by atoms with Crippen LogP contribution in [0.1, 0.15) is 48.8 Å². The molecule has 11 heteroatoms. The maximum atomic E-state index is 13.7. The number of hydrogen-bond donors (Lipinski definition) is 2. The van der Waals surface area contributed by atoms with E-state index in [0.717, 1.165) is 55.6 Å². The van der Waals surface area contributed by atoms with Gasteiger partial charge >= 0.3 is 0 Å². The number of benzene rings is 2. The predicted octanol–water partition coefficient (Wildman–Crippen LogP) is 1.30. The zero-order valence-electron chi connectivity index (χ0n) is 23.5. The Morgan fingerprint density at radius 1 is 1.07 bits per heavy atom. The topological polar surface area (TPSA) is 130 Å². The van der Waals surface area contributed by atoms with Gasteiger partial charge in [0.25, 0.3) is 0 Å². The monoisotopic (exact) mass is 558 g/mol. The summed E-state index contributed by atoms with van der Waals surface area (Å²) in [7, 11) is 1.84. The molecule has 11 nitrogen and oxygen atoms in total. The predicted molar refractivity (Wildman–Crippen MR) is 153 cm³/mol. The summed E-state index contributed by atoms with van der Waals surface area (Å²) >= 11 is 0. The minimum atomic E-state index is -0.828. The number of hydrogen-bond acceptors (Lipinski definition) is 7. The van der Waals surface area contributed by atoms with Crippen LogP contribution in [0.15, 0.2) is 42.5 Å². The van der Waals surface area contributed by atoms with Crippen LogP contribution in [0.2, 0.25) is 0 Å². The molecule has 0 aliphatic carbocycles. The zero-order chi connectivity index (χ0) is 28.5. The van der Waals surface area contributed by atoms with E-state index in [1.54, 1.807) is 9.58 Å². The van der Waals surface area contributed by atoms with E-state index in [1.165, 1.54) is 11.1 Å². The lowest BCUT2D eigenvalue weighted by molar-refractivity contribution is -0.140. The first-order chi connectivity index (χ1) is 19.9. The number of nitrogens with zero attached hydrogens (tertiary/aromatic N) is 6. The SMILES string of the molecule is Cn1nnc2cc(CNC(=O)[C@@H]3C[C@H](N4Cc5ccccc5C4)CN3C(=O)[C@H](N)CCC(=O)N3CCCC3)ccc21. The van der Waals surface area contributed by atoms with Gasteiger partial charge in [0.15, 0.2) is 0 Å². The number of nitrogens with two attached hydrogens (primary N) is 1. The Kier molecular flexibility index (Phi) is 7.72. The number of amides is 3. The number of fused-ring (bicyclic) bond motifs is 2. The molecule has 1 aromatic heterocycles. The molecule has 3 atom stereocenters. The first-order valence-electron chi connectivity index (χ1n) is 14.6. The van der Waals surface area contributed by atoms with Gasteiger partial charge in [-0.15, -0.1) is 5.10 Å². The summed E-state index contributed by atoms with van der Waals surface area (Å²) in [6, 6.07) is 12.7. The Morgan fingerprint density at radius 2 is 1.80 bits per heavy atom. The molecule has 2 fully saturated rings. The van der Waals surface area contributed by atoms with Gasteiger partial charge in [-0.3, -0.25) is 19.3 Å². The van der Waals surface area contributed by atoms with Crippen LogP contribution in [0.3, 0.4) is 0 Å². The van der Waals surface area contributed by atoms with Crippen molar-refractivity contribution in [3.63, 3.8) is 0 Å². The standard InChI is InChI=1S/C30H38N8O3/c1-35-26-10-8-20(14-25(26)33-34-35)16-32-29(40)27-15-23(37-17-21-6-2-3-7-22(21)18-37)19-38(27)30(41)24(31)9-11-28(39)36-12-4-5-13-36/h2-3,6-8,10,14,23-24,27H,4-5,9,11-13,15-19,31H2,1H3,(H,32,40)/t23-,24+,27-/m0/s1. The molecule has 2 aromatic carbocycles. The Hall–Kier alpha value is -3.83. The van der Waals surface area contributed by atoms with Crippen molar-refractivity contribution in [3.8, 4) is 0 Å². The van der Waals surface area contributed by atoms with Gasteiger partial charge in [0.1, 0.15) is 11.6 Å². The molecule has 0 radical (unpaired) electrons. The molecular weight excluding hydrogens is 520 g/mol. The van der Waals surface area contributed by atoms with Crippen molar-refractivity contribution < 1.29 is 14.4 Å². The normalized spacial score (nSPS) is 21.4. The van der Waals surface area contributed by atoms with Crippen LogP contribution in [0.5, 0.6) is 0 Å². The van der Waals surface area contributed by atoms with E-state index in [4.69, 9.17) is 5.73 Å². The number of aryl methyl sites for hydroxylation is 1. The largest absolute Gasteiger partial charge is 0.350 e. The van der Waals surface area contributed by atoms with Crippen molar-refractivity contribution in [2.45, 2.75) is 69.9 Å². The lowest BCUT2D eigenvalue weighted by Crippen LogP contribution is -2.51. The van der Waals surface area contributed by atoms with Gasteiger partial charge in [-0.05, 0) is 54.5 Å². The molecule has 3 N–H and O–H groups in total. The Labute approximate surface area is 239 Å². The van der Waals surface area contributed by atoms with Gasteiger partial charge < -0.3 is 20.9 Å². The highest BCUT2D eigenvalue weighted by atomic mass is 16.2. The number of aromatic nitrogens is 3. The quantitative estimate of drug-likeness (QED) is 0.426. The molecule has 3 aliphatic heterocycles. The van der Waals surface area contributed by atoms with Crippen molar-refractivity contribution in [2.75, 3.05) is 19.6 Å². The van der Waals surface area contributed by atoms with Crippen molar-refractivity contribution in [3.05, 3.63) is 59.2 Å². The summed E-state index contributed by atoms with van der Waals surface area (Å²) < 4.78 is 1.71. The van der Waals surface area contributed by atoms with Crippen molar-refractivity contribution in [1.82, 2.24) is 35.0 Å². The van der Waals surface area contributed by atoms with Gasteiger partial charge in [-0.25, -0.2) is 4.68 Å². The molecule has 2 saturated heterocycles. The Balaban J connectivity index is 1.13. The fraction of sp³-hybridized carbons (Fsp3) is 0.500. The van der Waals surface area contributed by atoms with Crippen LogP contribution >= 0.6 is 0 Å². The average molecular weight is 559 g/mol. The first-order valence-corrected chi connectivity index (χ1v) is 14.6. The highest BCUT2D eigenvalue weighted by molar-refractivity contribution is 5.91. The lowest BCUT2D eigenvalue weighted by Gasteiger charge is -2.27. The minimum absolute atomic E-state index is 0.0384. The molecule has 3 aliphatic rings. The third-order valence-electron chi connectivity index (χ3n) is 8.83. The third-order valence-corrected chi connectivity index (χ3v) is 8.83. The van der Waals surface area contributed by atoms with Crippen LogP contribution in [0, 0.1) is 0 Å². The highest BCUT2D eigenvalue weighted by Gasteiger charge is 2.44. The second-order valence-electron chi connectivity index (χ2n) is 11.6. The lowest BCUT2D eigenvalue weighted by atomic mass is 10.1. The molecular formula is C30H38N8O3. The minimum Gasteiger partial charge on any atom is -0.350 e. The van der Waals surface area contributed by atoms with E-state index >= 15 is 0 Å². The molecule has 0 bridgehead atoms. The zero-order valence-corrected chi connectivity index (χ0v) is 23.5. The van der Waals surface area contributed by atoms with Crippen LogP contribution in [0.4, 0.5) is 0 Å². The van der Waals surface area contributed by atoms with Gasteiger partial charge in [0.2, 0.25) is 17.7 Å². The van der Waals surface area contributed by atoms with Crippen LogP contribution in [-0.2, 0) is 41.1 Å². The van der Waals surface area contributed by atoms with E-state index in [2.05, 4.69) is 32.7 Å². The van der Waals surface area contributed by atoms with Crippen molar-refractivity contribution in [2.24, 2.45) is 12.8 Å². The summed E-state index contributed by atoms with van der Waals surface area (Å²) in [6.45, 7) is 3.90. The van der Waals surface area contributed by atoms with Crippen LogP contribution in [0.25, 0.3) is 11.0 Å². The number of nitrogens with one attached hydrogen (secondary N) is 1. The van der Waals surface area contributed by atoms with Gasteiger partial charge in [0.05, 0.1) is 11.6 Å². The molecule has 0 spiro atoms. The summed E-state index contributed by atoms with van der Waals surface area (Å²) in [5, 5.41) is 11.3. The summed E-state index contributed by atoms with van der Waals surface area (Å²) in [5.74, 6) is -0.411. The smallest absolute Gasteiger partial charge is 0.243 e. The van der Waals surface area contributed by atoms with E-state index in [9.17, 15) is 14.4 Å². The second-order valence-corrected chi connectivity index (χ2v) is 11.6. The van der Waals surface area contributed by atoms with Gasteiger partial charge in [0, 0.05) is 58.8 Å². The van der Waals surface area contributed by atoms with Crippen LogP contribution < -0.4 is 11.1 Å². The molecule has 3 aromatic rings.